The SMILES string of the molecule is CS(=O)NCC1CN(c2cc(-c3cnc(/C=C\C(=N)C(F)F)[nH]3)ccn2)CCN1. The first-order chi connectivity index (χ1) is 13.9. The molecule has 0 radical (unpaired) electrons. The summed E-state index contributed by atoms with van der Waals surface area (Å²) in [4.78, 5) is 13.8. The fourth-order valence-electron chi connectivity index (χ4n) is 2.96. The molecule has 8 nitrogen and oxygen atoms in total. The molecule has 0 saturated carbocycles. The number of anilines is 1. The number of pyridine rings is 1. The van der Waals surface area contributed by atoms with Crippen LogP contribution in [0, 0.1) is 5.41 Å². The second-order valence-corrected chi connectivity index (χ2v) is 7.77. The molecule has 1 fully saturated rings. The summed E-state index contributed by atoms with van der Waals surface area (Å²) in [6.45, 7) is 2.93. The number of rotatable bonds is 8. The number of nitrogens with zero attached hydrogens (tertiary/aromatic N) is 3. The van der Waals surface area contributed by atoms with Gasteiger partial charge in [-0.25, -0.2) is 27.7 Å². The zero-order valence-electron chi connectivity index (χ0n) is 15.9. The largest absolute Gasteiger partial charge is 0.354 e. The molecule has 2 atom stereocenters. The lowest BCUT2D eigenvalue weighted by Gasteiger charge is -2.34. The Labute approximate surface area is 169 Å². The second kappa shape index (κ2) is 9.81. The maximum absolute atomic E-state index is 12.4. The van der Waals surface area contributed by atoms with Crippen LogP contribution in [0.15, 0.2) is 30.6 Å². The normalized spacial score (nSPS) is 18.5. The first-order valence-corrected chi connectivity index (χ1v) is 10.6. The fraction of sp³-hybridized carbons (Fsp3) is 0.389. The third-order valence-corrected chi connectivity index (χ3v) is 4.99. The quantitative estimate of drug-likeness (QED) is 0.480. The van der Waals surface area contributed by atoms with Crippen LogP contribution in [0.3, 0.4) is 0 Å². The molecule has 0 aromatic carbocycles. The van der Waals surface area contributed by atoms with Crippen LogP contribution in [0.4, 0.5) is 14.6 Å². The minimum Gasteiger partial charge on any atom is -0.354 e. The van der Waals surface area contributed by atoms with Gasteiger partial charge in [0.05, 0.1) is 28.6 Å². The second-order valence-electron chi connectivity index (χ2n) is 6.57. The maximum Gasteiger partial charge on any atom is 0.279 e. The van der Waals surface area contributed by atoms with Crippen LogP contribution in [0.1, 0.15) is 5.82 Å². The number of piperazine rings is 1. The van der Waals surface area contributed by atoms with Crippen molar-refractivity contribution in [2.75, 3.05) is 37.3 Å². The highest BCUT2D eigenvalue weighted by molar-refractivity contribution is 7.82. The molecule has 1 saturated heterocycles. The predicted molar refractivity (Wildman–Crippen MR) is 111 cm³/mol. The molecule has 4 N–H and O–H groups in total. The van der Waals surface area contributed by atoms with Crippen LogP contribution in [0.2, 0.25) is 0 Å². The van der Waals surface area contributed by atoms with Gasteiger partial charge in [0.2, 0.25) is 0 Å². The van der Waals surface area contributed by atoms with Crippen LogP contribution in [-0.2, 0) is 11.0 Å². The maximum atomic E-state index is 12.4. The molecule has 0 amide bonds. The Morgan fingerprint density at radius 2 is 2.34 bits per heavy atom. The van der Waals surface area contributed by atoms with Gasteiger partial charge in [-0.05, 0) is 24.3 Å². The summed E-state index contributed by atoms with van der Waals surface area (Å²) in [5.74, 6) is 1.21. The highest BCUT2D eigenvalue weighted by Crippen LogP contribution is 2.22. The molecule has 1 aliphatic heterocycles. The highest BCUT2D eigenvalue weighted by Gasteiger charge is 2.20. The zero-order chi connectivity index (χ0) is 20.8. The van der Waals surface area contributed by atoms with E-state index in [0.29, 0.717) is 12.4 Å². The molecule has 1 aliphatic rings. The van der Waals surface area contributed by atoms with Crippen molar-refractivity contribution in [3.05, 3.63) is 36.4 Å². The van der Waals surface area contributed by atoms with Gasteiger partial charge < -0.3 is 15.2 Å². The van der Waals surface area contributed by atoms with Crippen molar-refractivity contribution >= 4 is 28.6 Å². The number of alkyl halides is 2. The zero-order valence-corrected chi connectivity index (χ0v) is 16.7. The van der Waals surface area contributed by atoms with E-state index in [1.807, 2.05) is 12.1 Å². The van der Waals surface area contributed by atoms with E-state index in [9.17, 15) is 13.0 Å². The number of hydrogen-bond acceptors (Lipinski definition) is 6. The van der Waals surface area contributed by atoms with Gasteiger partial charge in [0.15, 0.2) is 0 Å². The molecular formula is C18H23F2N7OS. The number of aromatic nitrogens is 3. The summed E-state index contributed by atoms with van der Waals surface area (Å²) in [6, 6.07) is 3.94. The van der Waals surface area contributed by atoms with Gasteiger partial charge in [-0.3, -0.25) is 5.41 Å². The fourth-order valence-corrected chi connectivity index (χ4v) is 3.39. The molecule has 3 rings (SSSR count). The number of imidazole rings is 1. The van der Waals surface area contributed by atoms with E-state index in [2.05, 4.69) is 29.9 Å². The van der Waals surface area contributed by atoms with Crippen molar-refractivity contribution in [1.29, 1.82) is 5.41 Å². The van der Waals surface area contributed by atoms with Crippen LogP contribution in [0.25, 0.3) is 17.3 Å². The number of aromatic amines is 1. The molecule has 0 spiro atoms. The summed E-state index contributed by atoms with van der Waals surface area (Å²) in [6.07, 6.45) is 4.51. The topological polar surface area (TPSA) is 110 Å². The Balaban J connectivity index is 1.70. The molecule has 3 heterocycles. The van der Waals surface area contributed by atoms with E-state index in [1.165, 1.54) is 6.08 Å². The molecule has 0 aliphatic carbocycles. The lowest BCUT2D eigenvalue weighted by molar-refractivity contribution is 0.226. The van der Waals surface area contributed by atoms with Gasteiger partial charge in [0.1, 0.15) is 11.6 Å². The summed E-state index contributed by atoms with van der Waals surface area (Å²) in [5, 5.41) is 10.5. The van der Waals surface area contributed by atoms with E-state index >= 15 is 0 Å². The van der Waals surface area contributed by atoms with Gasteiger partial charge in [0.25, 0.3) is 6.43 Å². The molecule has 2 aromatic heterocycles. The smallest absolute Gasteiger partial charge is 0.279 e. The highest BCUT2D eigenvalue weighted by atomic mass is 32.2. The number of allylic oxidation sites excluding steroid dienone is 1. The average Bonchev–Trinajstić information content (AvgIpc) is 3.20. The number of H-pyrrole nitrogens is 1. The van der Waals surface area contributed by atoms with E-state index < -0.39 is 23.1 Å². The Bertz CT molecular complexity index is 902. The van der Waals surface area contributed by atoms with E-state index in [1.54, 1.807) is 18.6 Å². The lowest BCUT2D eigenvalue weighted by Crippen LogP contribution is -2.54. The number of halogens is 2. The van der Waals surface area contributed by atoms with Crippen molar-refractivity contribution in [2.24, 2.45) is 0 Å². The Morgan fingerprint density at radius 1 is 1.52 bits per heavy atom. The summed E-state index contributed by atoms with van der Waals surface area (Å²) < 4.78 is 39.0. The monoisotopic (exact) mass is 423 g/mol. The van der Waals surface area contributed by atoms with Gasteiger partial charge in [-0.15, -0.1) is 0 Å². The first-order valence-electron chi connectivity index (χ1n) is 9.03. The van der Waals surface area contributed by atoms with Crippen LogP contribution >= 0.6 is 0 Å². The number of nitrogens with one attached hydrogen (secondary N) is 4. The summed E-state index contributed by atoms with van der Waals surface area (Å²) in [5.41, 5.74) is 0.837. The average molecular weight is 423 g/mol. The van der Waals surface area contributed by atoms with Gasteiger partial charge in [-0.1, -0.05) is 0 Å². The first kappa shape index (κ1) is 21.2. The Hall–Kier alpha value is -2.50. The van der Waals surface area contributed by atoms with Crippen molar-refractivity contribution in [3.8, 4) is 11.3 Å². The van der Waals surface area contributed by atoms with Crippen LogP contribution in [-0.4, -0.2) is 69.8 Å². The third-order valence-electron chi connectivity index (χ3n) is 4.42. The molecule has 156 valence electrons. The Morgan fingerprint density at radius 3 is 3.10 bits per heavy atom. The Kier molecular flexibility index (Phi) is 7.18. The lowest BCUT2D eigenvalue weighted by atomic mass is 10.1. The molecule has 29 heavy (non-hydrogen) atoms. The minimum atomic E-state index is -2.81. The predicted octanol–water partition coefficient (Wildman–Crippen LogP) is 1.43. The van der Waals surface area contributed by atoms with Crippen LogP contribution in [0.5, 0.6) is 0 Å². The molecule has 2 unspecified atom stereocenters. The van der Waals surface area contributed by atoms with Gasteiger partial charge >= 0.3 is 0 Å². The van der Waals surface area contributed by atoms with E-state index in [0.717, 1.165) is 42.8 Å². The third kappa shape index (κ3) is 5.99. The van der Waals surface area contributed by atoms with Crippen molar-refractivity contribution in [1.82, 2.24) is 25.0 Å². The van der Waals surface area contributed by atoms with Crippen molar-refractivity contribution in [3.63, 3.8) is 0 Å². The molecule has 0 bridgehead atoms. The summed E-state index contributed by atoms with van der Waals surface area (Å²) in [7, 11) is -1.05. The van der Waals surface area contributed by atoms with E-state index in [4.69, 9.17) is 5.41 Å². The van der Waals surface area contributed by atoms with Gasteiger partial charge in [-0.2, -0.15) is 0 Å². The minimum absolute atomic E-state index is 0.159. The standard InChI is InChI=1S/C18H23F2N7OS/c1-29(28)25-9-13-11-27(7-6-22-13)17-8-12(4-5-23-17)15-10-24-16(26-15)3-2-14(21)18(19)20/h2-5,8,10,13,18,21-22,25H,6-7,9,11H2,1H3,(H,24,26)/b3-2-,21-14?. The van der Waals surface area contributed by atoms with Crippen LogP contribution < -0.4 is 14.9 Å². The summed E-state index contributed by atoms with van der Waals surface area (Å²) >= 11 is 0. The molecular weight excluding hydrogens is 400 g/mol. The van der Waals surface area contributed by atoms with E-state index in [-0.39, 0.29) is 6.04 Å². The van der Waals surface area contributed by atoms with Gasteiger partial charge in [0, 0.05) is 50.2 Å². The number of hydrogen-bond donors (Lipinski definition) is 4. The molecule has 2 aromatic rings. The van der Waals surface area contributed by atoms with Crippen molar-refractivity contribution < 1.29 is 13.0 Å². The molecule has 11 heteroatoms. The van der Waals surface area contributed by atoms with Crippen molar-refractivity contribution in [2.45, 2.75) is 12.5 Å².